The van der Waals surface area contributed by atoms with Gasteiger partial charge in [0.05, 0.1) is 3.58 Å². The number of rotatable bonds is 2. The van der Waals surface area contributed by atoms with Crippen LogP contribution in [0.25, 0.3) is 0 Å². The predicted molar refractivity (Wildman–Crippen MR) is 46.7 cm³/mol. The van der Waals surface area contributed by atoms with Crippen LogP contribution in [0.4, 0.5) is 0 Å². The molecule has 0 aromatic rings. The molecule has 0 fully saturated rings. The second-order valence-electron chi connectivity index (χ2n) is 1.58. The van der Waals surface area contributed by atoms with Crippen LogP contribution in [0.1, 0.15) is 19.8 Å². The van der Waals surface area contributed by atoms with Crippen molar-refractivity contribution in [2.75, 3.05) is 0 Å². The van der Waals surface area contributed by atoms with Gasteiger partial charge in [0.15, 0.2) is 0 Å². The van der Waals surface area contributed by atoms with Gasteiger partial charge in [0.1, 0.15) is 6.11 Å². The van der Waals surface area contributed by atoms with Crippen molar-refractivity contribution in [1.29, 1.82) is 0 Å². The van der Waals surface area contributed by atoms with E-state index >= 15 is 0 Å². The number of hydrogen-bond donors (Lipinski definition) is 1. The van der Waals surface area contributed by atoms with E-state index in [4.69, 9.17) is 5.11 Å². The predicted octanol–water partition coefficient (Wildman–Crippen LogP) is 2.44. The van der Waals surface area contributed by atoms with Gasteiger partial charge in [0, 0.05) is 0 Å². The molecule has 50 valence electrons. The third kappa shape index (κ3) is 5.71. The molecule has 0 rings (SSSR count). The standard InChI is InChI=1S/C7H9IO/c1-2-3-4-7(8)5-6-9/h4,9H,2-3H2,1H3. The largest absolute Gasteiger partial charge is 0.462 e. The van der Waals surface area contributed by atoms with Gasteiger partial charge in [-0.15, -0.1) is 0 Å². The lowest BCUT2D eigenvalue weighted by atomic mass is 10.3. The van der Waals surface area contributed by atoms with Crippen LogP contribution in [0.3, 0.4) is 0 Å². The van der Waals surface area contributed by atoms with Crippen LogP contribution >= 0.6 is 22.6 Å². The summed E-state index contributed by atoms with van der Waals surface area (Å²) < 4.78 is 0.914. The van der Waals surface area contributed by atoms with Crippen LogP contribution < -0.4 is 0 Å². The van der Waals surface area contributed by atoms with E-state index in [-0.39, 0.29) is 0 Å². The molecule has 0 saturated carbocycles. The van der Waals surface area contributed by atoms with Crippen molar-refractivity contribution in [3.63, 3.8) is 0 Å². The van der Waals surface area contributed by atoms with Gasteiger partial charge in [0.2, 0.25) is 0 Å². The minimum absolute atomic E-state index is 0.914. The van der Waals surface area contributed by atoms with E-state index in [2.05, 4.69) is 35.4 Å². The highest BCUT2D eigenvalue weighted by atomic mass is 127. The van der Waals surface area contributed by atoms with Crippen molar-refractivity contribution in [3.8, 4) is 12.0 Å². The fraction of sp³-hybridized carbons (Fsp3) is 0.429. The quantitative estimate of drug-likeness (QED) is 0.576. The molecule has 0 atom stereocenters. The molecule has 1 N–H and O–H groups in total. The van der Waals surface area contributed by atoms with Crippen molar-refractivity contribution in [2.24, 2.45) is 0 Å². The van der Waals surface area contributed by atoms with E-state index in [9.17, 15) is 0 Å². The summed E-state index contributed by atoms with van der Waals surface area (Å²) in [5.41, 5.74) is 0. The molecule has 0 bridgehead atoms. The van der Waals surface area contributed by atoms with E-state index in [1.54, 1.807) is 0 Å². The summed E-state index contributed by atoms with van der Waals surface area (Å²) in [4.78, 5) is 0. The third-order valence-electron chi connectivity index (χ3n) is 0.788. The van der Waals surface area contributed by atoms with Gasteiger partial charge in [-0.3, -0.25) is 0 Å². The van der Waals surface area contributed by atoms with Crippen LogP contribution in [0.2, 0.25) is 0 Å². The van der Waals surface area contributed by atoms with Crippen molar-refractivity contribution in [3.05, 3.63) is 9.66 Å². The number of halogens is 1. The summed E-state index contributed by atoms with van der Waals surface area (Å²) >= 11 is 2.09. The Kier molecular flexibility index (Phi) is 5.85. The van der Waals surface area contributed by atoms with E-state index < -0.39 is 0 Å². The smallest absolute Gasteiger partial charge is 0.113 e. The average molecular weight is 236 g/mol. The zero-order valence-corrected chi connectivity index (χ0v) is 7.47. The van der Waals surface area contributed by atoms with E-state index in [1.165, 1.54) is 0 Å². The van der Waals surface area contributed by atoms with Crippen molar-refractivity contribution < 1.29 is 5.11 Å². The summed E-state index contributed by atoms with van der Waals surface area (Å²) in [6, 6.07) is 0. The second-order valence-corrected chi connectivity index (χ2v) is 2.74. The summed E-state index contributed by atoms with van der Waals surface area (Å²) in [5, 5.41) is 8.13. The summed E-state index contributed by atoms with van der Waals surface area (Å²) in [5.74, 6) is 2.53. The molecular formula is C7H9IO. The minimum atomic E-state index is 0.914. The molecular weight excluding hydrogens is 227 g/mol. The van der Waals surface area contributed by atoms with Crippen LogP contribution in [-0.2, 0) is 0 Å². The molecule has 0 heterocycles. The van der Waals surface area contributed by atoms with Crippen LogP contribution in [-0.4, -0.2) is 5.11 Å². The van der Waals surface area contributed by atoms with Crippen LogP contribution in [0.5, 0.6) is 0 Å². The van der Waals surface area contributed by atoms with Gasteiger partial charge in [-0.2, -0.15) is 0 Å². The topological polar surface area (TPSA) is 20.2 Å². The Balaban J connectivity index is 3.65. The van der Waals surface area contributed by atoms with E-state index in [0.29, 0.717) is 0 Å². The SMILES string of the molecule is CCCC=C(I)C#CO. The van der Waals surface area contributed by atoms with E-state index in [0.717, 1.165) is 16.4 Å². The van der Waals surface area contributed by atoms with Gasteiger partial charge >= 0.3 is 0 Å². The van der Waals surface area contributed by atoms with Crippen molar-refractivity contribution in [1.82, 2.24) is 0 Å². The highest BCUT2D eigenvalue weighted by Crippen LogP contribution is 2.05. The first-order valence-corrected chi connectivity index (χ1v) is 3.90. The lowest BCUT2D eigenvalue weighted by Crippen LogP contribution is -1.65. The monoisotopic (exact) mass is 236 g/mol. The molecule has 0 saturated heterocycles. The highest BCUT2D eigenvalue weighted by molar-refractivity contribution is 14.1. The van der Waals surface area contributed by atoms with Crippen LogP contribution in [0, 0.1) is 12.0 Å². The maximum absolute atomic E-state index is 8.13. The number of aliphatic hydroxyl groups excluding tert-OH is 1. The third-order valence-corrected chi connectivity index (χ3v) is 1.50. The summed E-state index contributed by atoms with van der Waals surface area (Å²) in [6.45, 7) is 2.10. The molecule has 1 nitrogen and oxygen atoms in total. The summed E-state index contributed by atoms with van der Waals surface area (Å²) in [7, 11) is 0. The average Bonchev–Trinajstić information content (AvgIpc) is 1.85. The molecule has 2 heteroatoms. The number of allylic oxidation sites excluding steroid dienone is 2. The Bertz CT molecular complexity index is 150. The Morgan fingerprint density at radius 1 is 1.78 bits per heavy atom. The Morgan fingerprint density at radius 2 is 2.44 bits per heavy atom. The summed E-state index contributed by atoms with van der Waals surface area (Å²) in [6.07, 6.45) is 6.01. The Morgan fingerprint density at radius 3 is 2.89 bits per heavy atom. The molecule has 0 aromatic heterocycles. The Hall–Kier alpha value is -0.170. The highest BCUT2D eigenvalue weighted by Gasteiger charge is 1.80. The number of aliphatic hydroxyl groups is 1. The maximum Gasteiger partial charge on any atom is 0.113 e. The molecule has 0 spiro atoms. The molecule has 0 aliphatic rings. The molecule has 0 aliphatic heterocycles. The molecule has 0 radical (unpaired) electrons. The zero-order valence-electron chi connectivity index (χ0n) is 5.32. The fourth-order valence-corrected chi connectivity index (χ4v) is 0.808. The molecule has 0 aliphatic carbocycles. The van der Waals surface area contributed by atoms with Crippen molar-refractivity contribution >= 4 is 22.6 Å². The number of hydrogen-bond acceptors (Lipinski definition) is 1. The van der Waals surface area contributed by atoms with E-state index in [1.807, 2.05) is 12.2 Å². The Labute approximate surface area is 69.3 Å². The minimum Gasteiger partial charge on any atom is -0.462 e. The molecule has 0 aromatic carbocycles. The van der Waals surface area contributed by atoms with Gasteiger partial charge in [-0.05, 0) is 34.9 Å². The lowest BCUT2D eigenvalue weighted by molar-refractivity contribution is 0.517. The number of unbranched alkanes of at least 4 members (excludes halogenated alkanes) is 1. The molecule has 0 amide bonds. The first-order valence-electron chi connectivity index (χ1n) is 2.82. The lowest BCUT2D eigenvalue weighted by Gasteiger charge is -1.83. The first-order chi connectivity index (χ1) is 4.31. The van der Waals surface area contributed by atoms with Crippen molar-refractivity contribution in [2.45, 2.75) is 19.8 Å². The normalized spacial score (nSPS) is 10.2. The first kappa shape index (κ1) is 8.83. The van der Waals surface area contributed by atoms with Gasteiger partial charge in [-0.1, -0.05) is 19.4 Å². The molecule has 0 unspecified atom stereocenters. The van der Waals surface area contributed by atoms with Gasteiger partial charge in [-0.25, -0.2) is 0 Å². The van der Waals surface area contributed by atoms with Crippen LogP contribution in [0.15, 0.2) is 9.66 Å². The fourth-order valence-electron chi connectivity index (χ4n) is 0.375. The second kappa shape index (κ2) is 5.96. The molecule has 9 heavy (non-hydrogen) atoms. The van der Waals surface area contributed by atoms with Gasteiger partial charge < -0.3 is 5.11 Å². The maximum atomic E-state index is 8.13. The van der Waals surface area contributed by atoms with Gasteiger partial charge in [0.25, 0.3) is 0 Å². The zero-order chi connectivity index (χ0) is 7.11.